The normalized spacial score (nSPS) is 34.1. The van der Waals surface area contributed by atoms with Crippen molar-refractivity contribution in [2.75, 3.05) is 0 Å². The zero-order valence-electron chi connectivity index (χ0n) is 18.2. The van der Waals surface area contributed by atoms with Crippen molar-refractivity contribution >= 4 is 5.91 Å². The number of aromatic hydroxyl groups is 1. The first-order chi connectivity index (χ1) is 13.2. The van der Waals surface area contributed by atoms with Gasteiger partial charge in [-0.25, -0.2) is 0 Å². The fraction of sp³-hybridized carbons (Fsp3) is 0.720. The van der Waals surface area contributed by atoms with Crippen LogP contribution in [0.15, 0.2) is 18.2 Å². The number of carbonyl (C=O) groups excluding carboxylic acids is 1. The molecule has 4 rings (SSSR count). The lowest BCUT2D eigenvalue weighted by molar-refractivity contribution is -0.144. The molecule has 0 aliphatic heterocycles. The molecule has 1 aromatic rings. The molecule has 0 heterocycles. The summed E-state index contributed by atoms with van der Waals surface area (Å²) in [4.78, 5) is 15.7. The third-order valence-corrected chi connectivity index (χ3v) is 8.38. The fourth-order valence-electron chi connectivity index (χ4n) is 7.26. The van der Waals surface area contributed by atoms with Crippen molar-refractivity contribution in [1.82, 2.24) is 4.90 Å². The van der Waals surface area contributed by atoms with Crippen LogP contribution in [0.4, 0.5) is 0 Å². The summed E-state index contributed by atoms with van der Waals surface area (Å²) in [5.74, 6) is 2.94. The number of hydrogen-bond acceptors (Lipinski definition) is 2. The zero-order chi connectivity index (χ0) is 20.2. The maximum Gasteiger partial charge on any atom is 0.226 e. The molecular weight excluding hydrogens is 346 g/mol. The monoisotopic (exact) mass is 383 g/mol. The molecule has 3 aliphatic carbocycles. The molecule has 3 nitrogen and oxygen atoms in total. The van der Waals surface area contributed by atoms with E-state index in [1.54, 1.807) is 0 Å². The number of rotatable bonds is 3. The predicted octanol–water partition coefficient (Wildman–Crippen LogP) is 5.51. The second-order valence-corrected chi connectivity index (χ2v) is 10.4. The lowest BCUT2D eigenvalue weighted by Crippen LogP contribution is -2.50. The second-order valence-electron chi connectivity index (χ2n) is 10.4. The maximum atomic E-state index is 13.6. The smallest absolute Gasteiger partial charge is 0.226 e. The van der Waals surface area contributed by atoms with Gasteiger partial charge in [0.15, 0.2) is 0 Å². The van der Waals surface area contributed by atoms with Crippen LogP contribution in [0.2, 0.25) is 0 Å². The Kier molecular flexibility index (Phi) is 5.00. The summed E-state index contributed by atoms with van der Waals surface area (Å²) in [6.45, 7) is 11.0. The van der Waals surface area contributed by atoms with Crippen molar-refractivity contribution < 1.29 is 9.90 Å². The molecule has 3 heteroatoms. The second kappa shape index (κ2) is 7.07. The van der Waals surface area contributed by atoms with Gasteiger partial charge in [-0.15, -0.1) is 0 Å². The highest BCUT2D eigenvalue weighted by molar-refractivity contribution is 5.80. The van der Waals surface area contributed by atoms with Crippen LogP contribution in [0.5, 0.6) is 5.75 Å². The Morgan fingerprint density at radius 3 is 2.50 bits per heavy atom. The van der Waals surface area contributed by atoms with Crippen LogP contribution in [-0.2, 0) is 11.2 Å². The van der Waals surface area contributed by atoms with Gasteiger partial charge in [0.25, 0.3) is 0 Å². The molecule has 0 spiro atoms. The molecule has 0 aromatic heterocycles. The summed E-state index contributed by atoms with van der Waals surface area (Å²) in [5.41, 5.74) is 2.97. The lowest BCUT2D eigenvalue weighted by atomic mass is 9.54. The molecule has 1 amide bonds. The van der Waals surface area contributed by atoms with Crippen molar-refractivity contribution in [3.05, 3.63) is 29.3 Å². The molecule has 154 valence electrons. The molecule has 5 atom stereocenters. The van der Waals surface area contributed by atoms with E-state index < -0.39 is 0 Å². The Bertz CT molecular complexity index is 747. The van der Waals surface area contributed by atoms with Crippen molar-refractivity contribution in [3.8, 4) is 5.75 Å². The summed E-state index contributed by atoms with van der Waals surface area (Å²) in [7, 11) is 0. The molecule has 0 bridgehead atoms. The molecule has 2 saturated carbocycles. The average Bonchev–Trinajstić information content (AvgIpc) is 2.97. The minimum absolute atomic E-state index is 0.148. The topological polar surface area (TPSA) is 40.5 Å². The Balaban J connectivity index is 1.60. The summed E-state index contributed by atoms with van der Waals surface area (Å²) in [6, 6.07) is 6.53. The highest BCUT2D eigenvalue weighted by Gasteiger charge is 2.57. The van der Waals surface area contributed by atoms with Gasteiger partial charge in [-0.3, -0.25) is 4.79 Å². The molecule has 2 fully saturated rings. The summed E-state index contributed by atoms with van der Waals surface area (Å²) < 4.78 is 0. The van der Waals surface area contributed by atoms with E-state index in [0.717, 1.165) is 19.3 Å². The highest BCUT2D eigenvalue weighted by atomic mass is 16.3. The van der Waals surface area contributed by atoms with Crippen molar-refractivity contribution in [2.24, 2.45) is 23.2 Å². The van der Waals surface area contributed by atoms with Crippen molar-refractivity contribution in [1.29, 1.82) is 0 Å². The SMILES string of the molecule is CC(C)N(C(=O)C1CC[C@H]2[C@@H]3CCc4cc(O)ccc4[C@H]3CC[C@]12C)C(C)C. The number of hydrogen-bond donors (Lipinski definition) is 1. The van der Waals surface area contributed by atoms with E-state index in [-0.39, 0.29) is 23.4 Å². The Labute approximate surface area is 170 Å². The molecule has 28 heavy (non-hydrogen) atoms. The maximum absolute atomic E-state index is 13.6. The van der Waals surface area contributed by atoms with Crippen LogP contribution in [0.3, 0.4) is 0 Å². The number of carbonyl (C=O) groups is 1. The van der Waals surface area contributed by atoms with Gasteiger partial charge < -0.3 is 10.0 Å². The van der Waals surface area contributed by atoms with Crippen molar-refractivity contribution in [3.63, 3.8) is 0 Å². The largest absolute Gasteiger partial charge is 0.508 e. The number of benzene rings is 1. The number of nitrogens with zero attached hydrogens (tertiary/aromatic N) is 1. The Hall–Kier alpha value is -1.51. The number of fused-ring (bicyclic) bond motifs is 5. The molecule has 1 N–H and O–H groups in total. The van der Waals surface area contributed by atoms with Gasteiger partial charge in [0.1, 0.15) is 5.75 Å². The van der Waals surface area contributed by atoms with Gasteiger partial charge in [0, 0.05) is 18.0 Å². The van der Waals surface area contributed by atoms with Gasteiger partial charge in [0.05, 0.1) is 0 Å². The quantitative estimate of drug-likeness (QED) is 0.747. The van der Waals surface area contributed by atoms with Gasteiger partial charge in [-0.2, -0.15) is 0 Å². The molecule has 0 radical (unpaired) electrons. The average molecular weight is 384 g/mol. The predicted molar refractivity (Wildman–Crippen MR) is 113 cm³/mol. The highest BCUT2D eigenvalue weighted by Crippen LogP contribution is 2.63. The number of phenolic OH excluding ortho intramolecular Hbond substituents is 1. The summed E-state index contributed by atoms with van der Waals surface area (Å²) in [5, 5.41) is 9.87. The van der Waals surface area contributed by atoms with Crippen LogP contribution in [-0.4, -0.2) is 28.0 Å². The van der Waals surface area contributed by atoms with Gasteiger partial charge in [0.2, 0.25) is 5.91 Å². The first kappa shape index (κ1) is 19.8. The van der Waals surface area contributed by atoms with Crippen LogP contribution in [0, 0.1) is 23.2 Å². The standard InChI is InChI=1S/C25H37NO2/c1-15(2)26(16(3)4)24(28)23-11-10-22-21-8-6-17-14-18(27)7-9-19(17)20(21)12-13-25(22,23)5/h7,9,14-16,20-23,27H,6,8,10-13H2,1-5H3/t20-,21-,22+,23?,25+/m1/s1. The number of aryl methyl sites for hydroxylation is 1. The fourth-order valence-corrected chi connectivity index (χ4v) is 7.26. The van der Waals surface area contributed by atoms with E-state index >= 15 is 0 Å². The minimum Gasteiger partial charge on any atom is -0.508 e. The third kappa shape index (κ3) is 2.97. The molecule has 0 saturated heterocycles. The first-order valence-corrected chi connectivity index (χ1v) is 11.4. The minimum atomic E-state index is 0.148. The molecule has 3 aliphatic rings. The number of amides is 1. The molecule has 1 aromatic carbocycles. The summed E-state index contributed by atoms with van der Waals surface area (Å²) >= 11 is 0. The van der Waals surface area contributed by atoms with E-state index in [1.165, 1.54) is 30.4 Å². The van der Waals surface area contributed by atoms with Gasteiger partial charge in [-0.1, -0.05) is 13.0 Å². The first-order valence-electron chi connectivity index (χ1n) is 11.4. The van der Waals surface area contributed by atoms with E-state index in [2.05, 4.69) is 45.6 Å². The molecular formula is C25H37NO2. The van der Waals surface area contributed by atoms with Gasteiger partial charge in [-0.05, 0) is 113 Å². The van der Waals surface area contributed by atoms with E-state index in [4.69, 9.17) is 0 Å². The van der Waals surface area contributed by atoms with E-state index in [1.807, 2.05) is 12.1 Å². The van der Waals surface area contributed by atoms with Crippen LogP contribution >= 0.6 is 0 Å². The van der Waals surface area contributed by atoms with E-state index in [9.17, 15) is 9.90 Å². The van der Waals surface area contributed by atoms with Crippen molar-refractivity contribution in [2.45, 2.75) is 91.1 Å². The Morgan fingerprint density at radius 1 is 1.11 bits per heavy atom. The number of phenols is 1. The Morgan fingerprint density at radius 2 is 1.82 bits per heavy atom. The van der Waals surface area contributed by atoms with Crippen LogP contribution in [0.1, 0.15) is 83.8 Å². The van der Waals surface area contributed by atoms with E-state index in [0.29, 0.717) is 29.4 Å². The van der Waals surface area contributed by atoms with Crippen LogP contribution in [0.25, 0.3) is 0 Å². The lowest BCUT2D eigenvalue weighted by Gasteiger charge is -2.51. The van der Waals surface area contributed by atoms with Crippen LogP contribution < -0.4 is 0 Å². The zero-order valence-corrected chi connectivity index (χ0v) is 18.2. The third-order valence-electron chi connectivity index (χ3n) is 8.38. The molecule has 1 unspecified atom stereocenters. The summed E-state index contributed by atoms with van der Waals surface area (Å²) in [6.07, 6.45) is 6.87. The van der Waals surface area contributed by atoms with Gasteiger partial charge >= 0.3 is 0 Å².